The van der Waals surface area contributed by atoms with Gasteiger partial charge in [0.25, 0.3) is 0 Å². The van der Waals surface area contributed by atoms with E-state index in [0.717, 1.165) is 25.5 Å². The van der Waals surface area contributed by atoms with Crippen molar-refractivity contribution in [2.24, 2.45) is 0 Å². The zero-order valence-electron chi connectivity index (χ0n) is 12.4. The van der Waals surface area contributed by atoms with Gasteiger partial charge in [-0.1, -0.05) is 24.3 Å². The molecule has 2 heterocycles. The van der Waals surface area contributed by atoms with Gasteiger partial charge in [0.2, 0.25) is 0 Å². The minimum atomic E-state index is 0.407. The fourth-order valence-electron chi connectivity index (χ4n) is 3.85. The summed E-state index contributed by atoms with van der Waals surface area (Å²) in [5.41, 5.74) is 2.96. The second kappa shape index (κ2) is 5.24. The van der Waals surface area contributed by atoms with E-state index in [4.69, 9.17) is 0 Å². The zero-order valence-corrected chi connectivity index (χ0v) is 12.4. The summed E-state index contributed by atoms with van der Waals surface area (Å²) in [5, 5.41) is 11.8. The van der Waals surface area contributed by atoms with Crippen molar-refractivity contribution in [3.63, 3.8) is 0 Å². The number of hydrogen-bond acceptors (Lipinski definition) is 4. The molecule has 0 bridgehead atoms. The summed E-state index contributed by atoms with van der Waals surface area (Å²) in [6, 6.07) is 9.78. The maximum Gasteiger partial charge on any atom is 0.147 e. The van der Waals surface area contributed by atoms with E-state index in [2.05, 4.69) is 56.3 Å². The van der Waals surface area contributed by atoms with E-state index in [9.17, 15) is 0 Å². The van der Waals surface area contributed by atoms with Gasteiger partial charge in [0, 0.05) is 25.2 Å². The molecule has 21 heavy (non-hydrogen) atoms. The predicted octanol–water partition coefficient (Wildman–Crippen LogP) is 1.37. The van der Waals surface area contributed by atoms with E-state index >= 15 is 0 Å². The molecule has 110 valence electrons. The Labute approximate surface area is 125 Å². The molecule has 1 aliphatic carbocycles. The number of benzene rings is 1. The van der Waals surface area contributed by atoms with Crippen molar-refractivity contribution >= 4 is 0 Å². The molecule has 2 atom stereocenters. The van der Waals surface area contributed by atoms with Crippen LogP contribution in [-0.2, 0) is 19.5 Å². The lowest BCUT2D eigenvalue weighted by molar-refractivity contribution is 0.110. The Bertz CT molecular complexity index is 635. The van der Waals surface area contributed by atoms with Gasteiger partial charge in [0.1, 0.15) is 12.2 Å². The monoisotopic (exact) mass is 283 g/mol. The molecule has 5 nitrogen and oxygen atoms in total. The molecular weight excluding hydrogens is 262 g/mol. The minimum absolute atomic E-state index is 0.407. The van der Waals surface area contributed by atoms with Crippen molar-refractivity contribution in [3.05, 3.63) is 47.5 Å². The Balaban J connectivity index is 1.61. The topological polar surface area (TPSA) is 46.0 Å². The Hall–Kier alpha value is -1.72. The molecule has 0 saturated carbocycles. The third-order valence-corrected chi connectivity index (χ3v) is 4.93. The normalized spacial score (nSPS) is 25.4. The van der Waals surface area contributed by atoms with Crippen molar-refractivity contribution in [1.29, 1.82) is 0 Å². The van der Waals surface area contributed by atoms with Crippen LogP contribution in [0.1, 0.15) is 29.4 Å². The number of nitrogens with zero attached hydrogens (tertiary/aromatic N) is 4. The lowest BCUT2D eigenvalue weighted by atomic mass is 9.83. The van der Waals surface area contributed by atoms with Crippen LogP contribution in [0.25, 0.3) is 0 Å². The molecule has 0 radical (unpaired) electrons. The van der Waals surface area contributed by atoms with Gasteiger partial charge in [-0.15, -0.1) is 10.2 Å². The van der Waals surface area contributed by atoms with E-state index < -0.39 is 0 Å². The lowest BCUT2D eigenvalue weighted by Crippen LogP contribution is -2.49. The Morgan fingerprint density at radius 3 is 3.05 bits per heavy atom. The summed E-state index contributed by atoms with van der Waals surface area (Å²) in [6.07, 6.45) is 4.22. The molecule has 2 unspecified atom stereocenters. The third kappa shape index (κ3) is 2.17. The molecule has 5 heteroatoms. The van der Waals surface area contributed by atoms with Gasteiger partial charge >= 0.3 is 0 Å². The smallest absolute Gasteiger partial charge is 0.147 e. The first-order valence-corrected chi connectivity index (χ1v) is 7.72. The number of aryl methyl sites for hydroxylation is 1. The summed E-state index contributed by atoms with van der Waals surface area (Å²) in [7, 11) is 2.08. The van der Waals surface area contributed by atoms with Gasteiger partial charge in [-0.05, 0) is 31.0 Å². The average Bonchev–Trinajstić information content (AvgIpc) is 3.01. The van der Waals surface area contributed by atoms with Gasteiger partial charge in [-0.25, -0.2) is 0 Å². The summed E-state index contributed by atoms with van der Waals surface area (Å²) >= 11 is 0. The highest BCUT2D eigenvalue weighted by Gasteiger charge is 2.34. The van der Waals surface area contributed by atoms with Gasteiger partial charge in [0.15, 0.2) is 0 Å². The Morgan fingerprint density at radius 1 is 1.24 bits per heavy atom. The van der Waals surface area contributed by atoms with Crippen LogP contribution in [0.5, 0.6) is 0 Å². The SMILES string of the molecule is CNC1c2ccccc2CCC1N1CCn2cnnc2C1. The van der Waals surface area contributed by atoms with E-state index in [0.29, 0.717) is 12.1 Å². The molecule has 1 aliphatic heterocycles. The molecule has 2 aromatic rings. The van der Waals surface area contributed by atoms with Gasteiger partial charge in [-0.3, -0.25) is 4.90 Å². The number of nitrogens with one attached hydrogen (secondary N) is 1. The van der Waals surface area contributed by atoms with Gasteiger partial charge < -0.3 is 9.88 Å². The van der Waals surface area contributed by atoms with E-state index in [1.807, 2.05) is 6.33 Å². The first-order chi connectivity index (χ1) is 10.4. The van der Waals surface area contributed by atoms with Crippen LogP contribution in [0.2, 0.25) is 0 Å². The summed E-state index contributed by atoms with van der Waals surface area (Å²) in [5.74, 6) is 1.09. The summed E-state index contributed by atoms with van der Waals surface area (Å²) in [6.45, 7) is 2.98. The van der Waals surface area contributed by atoms with Crippen molar-refractivity contribution in [1.82, 2.24) is 25.0 Å². The quantitative estimate of drug-likeness (QED) is 0.904. The van der Waals surface area contributed by atoms with Crippen LogP contribution in [-0.4, -0.2) is 39.3 Å². The zero-order chi connectivity index (χ0) is 14.2. The first kappa shape index (κ1) is 13.0. The van der Waals surface area contributed by atoms with E-state index in [1.54, 1.807) is 0 Å². The second-order valence-corrected chi connectivity index (χ2v) is 5.98. The van der Waals surface area contributed by atoms with Crippen molar-refractivity contribution in [2.45, 2.75) is 38.0 Å². The van der Waals surface area contributed by atoms with Crippen molar-refractivity contribution in [3.8, 4) is 0 Å². The summed E-state index contributed by atoms with van der Waals surface area (Å²) < 4.78 is 2.17. The van der Waals surface area contributed by atoms with Gasteiger partial charge in [-0.2, -0.15) is 0 Å². The summed E-state index contributed by atoms with van der Waals surface area (Å²) in [4.78, 5) is 2.57. The van der Waals surface area contributed by atoms with E-state index in [1.165, 1.54) is 24.0 Å². The number of fused-ring (bicyclic) bond motifs is 2. The molecule has 0 saturated heterocycles. The van der Waals surface area contributed by atoms with Crippen LogP contribution in [0.4, 0.5) is 0 Å². The van der Waals surface area contributed by atoms with Crippen LogP contribution in [0.15, 0.2) is 30.6 Å². The standard InChI is InChI=1S/C16H21N5/c1-17-16-13-5-3-2-4-12(13)6-7-14(16)20-8-9-21-11-18-19-15(21)10-20/h2-5,11,14,16-17H,6-10H2,1H3. The molecular formula is C16H21N5. The number of likely N-dealkylation sites (N-methyl/N-ethyl adjacent to an activating group) is 1. The fourth-order valence-corrected chi connectivity index (χ4v) is 3.85. The Kier molecular flexibility index (Phi) is 3.24. The molecule has 0 amide bonds. The Morgan fingerprint density at radius 2 is 2.14 bits per heavy atom. The van der Waals surface area contributed by atoms with Crippen LogP contribution >= 0.6 is 0 Å². The van der Waals surface area contributed by atoms with Gasteiger partial charge in [0.05, 0.1) is 6.54 Å². The second-order valence-electron chi connectivity index (χ2n) is 5.98. The highest BCUT2D eigenvalue weighted by molar-refractivity contribution is 5.34. The van der Waals surface area contributed by atoms with Crippen LogP contribution in [0, 0.1) is 0 Å². The first-order valence-electron chi connectivity index (χ1n) is 7.72. The molecule has 2 aliphatic rings. The highest BCUT2D eigenvalue weighted by Crippen LogP contribution is 2.34. The maximum absolute atomic E-state index is 4.25. The highest BCUT2D eigenvalue weighted by atomic mass is 15.3. The van der Waals surface area contributed by atoms with Crippen molar-refractivity contribution < 1.29 is 0 Å². The fraction of sp³-hybridized carbons (Fsp3) is 0.500. The van der Waals surface area contributed by atoms with Crippen LogP contribution < -0.4 is 5.32 Å². The number of hydrogen-bond donors (Lipinski definition) is 1. The lowest BCUT2D eigenvalue weighted by Gasteiger charge is -2.42. The molecule has 4 rings (SSSR count). The largest absolute Gasteiger partial charge is 0.315 e. The minimum Gasteiger partial charge on any atom is -0.315 e. The maximum atomic E-state index is 4.25. The predicted molar refractivity (Wildman–Crippen MR) is 80.8 cm³/mol. The number of rotatable bonds is 2. The molecule has 0 spiro atoms. The average molecular weight is 283 g/mol. The molecule has 0 fully saturated rings. The van der Waals surface area contributed by atoms with Crippen molar-refractivity contribution in [2.75, 3.05) is 13.6 Å². The van der Waals surface area contributed by atoms with Crippen LogP contribution in [0.3, 0.4) is 0 Å². The molecule has 1 aromatic carbocycles. The van der Waals surface area contributed by atoms with E-state index in [-0.39, 0.29) is 0 Å². The number of aromatic nitrogens is 3. The molecule has 1 aromatic heterocycles. The third-order valence-electron chi connectivity index (χ3n) is 4.93. The molecule has 1 N–H and O–H groups in total.